The van der Waals surface area contributed by atoms with Crippen LogP contribution in [0.25, 0.3) is 10.4 Å². The van der Waals surface area contributed by atoms with Gasteiger partial charge in [0, 0.05) is 41.6 Å². The molecule has 1 aromatic carbocycles. The zero-order valence-corrected chi connectivity index (χ0v) is 18.0. The maximum Gasteiger partial charge on any atom is 0.250 e. The number of likely N-dealkylation sites (tertiary alicyclic amines) is 1. The van der Waals surface area contributed by atoms with Crippen LogP contribution in [0.5, 0.6) is 0 Å². The van der Waals surface area contributed by atoms with Crippen molar-refractivity contribution in [1.82, 2.24) is 14.6 Å². The Balaban J connectivity index is 1.46. The molecule has 0 radical (unpaired) electrons. The van der Waals surface area contributed by atoms with Crippen LogP contribution >= 0.6 is 11.3 Å². The highest BCUT2D eigenvalue weighted by molar-refractivity contribution is 7.91. The van der Waals surface area contributed by atoms with Gasteiger partial charge in [-0.2, -0.15) is 9.98 Å². The Morgan fingerprint density at radius 1 is 1.29 bits per heavy atom. The zero-order chi connectivity index (χ0) is 22.0. The number of rotatable bonds is 6. The van der Waals surface area contributed by atoms with Crippen molar-refractivity contribution in [2.45, 2.75) is 23.2 Å². The van der Waals surface area contributed by atoms with E-state index in [0.717, 1.165) is 21.8 Å². The van der Waals surface area contributed by atoms with Crippen molar-refractivity contribution in [3.8, 4) is 16.5 Å². The highest BCUT2D eigenvalue weighted by Crippen LogP contribution is 2.30. The second-order valence-corrected chi connectivity index (χ2v) is 10.1. The van der Waals surface area contributed by atoms with Gasteiger partial charge < -0.3 is 10.6 Å². The number of nitrogen functional groups attached to an aromatic ring is 1. The molecule has 0 aliphatic carbocycles. The van der Waals surface area contributed by atoms with Gasteiger partial charge in [-0.15, -0.1) is 11.3 Å². The van der Waals surface area contributed by atoms with Gasteiger partial charge in [0.1, 0.15) is 10.3 Å². The molecule has 3 heterocycles. The fourth-order valence-corrected chi connectivity index (χ4v) is 5.93. The number of benzene rings is 1. The van der Waals surface area contributed by atoms with Crippen LogP contribution in [0.3, 0.4) is 0 Å². The molecule has 8 nitrogen and oxygen atoms in total. The molecule has 158 valence electrons. The average molecular weight is 454 g/mol. The van der Waals surface area contributed by atoms with Crippen molar-refractivity contribution in [2.75, 3.05) is 12.3 Å². The van der Waals surface area contributed by atoms with Crippen LogP contribution in [0.15, 0.2) is 59.1 Å². The van der Waals surface area contributed by atoms with Gasteiger partial charge in [-0.05, 0) is 48.4 Å². The molecule has 0 saturated carbocycles. The first-order valence-corrected chi connectivity index (χ1v) is 11.8. The standard InChI is InChI=1S/C21H19N5O3S2/c22-11-14-3-4-17(23)16(10-14)13-26-9-7-18(21(26)27)25-31(28,29)20-6-5-19(30-20)15-2-1-8-24-12-15/h1-6,8,10,12,18,25H,7,9,13,23H2. The molecule has 10 heteroatoms. The molecule has 31 heavy (non-hydrogen) atoms. The molecular weight excluding hydrogens is 434 g/mol. The molecule has 1 aliphatic heterocycles. The maximum atomic E-state index is 12.8. The predicted molar refractivity (Wildman–Crippen MR) is 117 cm³/mol. The first-order chi connectivity index (χ1) is 14.9. The quantitative estimate of drug-likeness (QED) is 0.551. The molecule has 3 aromatic rings. The number of anilines is 1. The minimum Gasteiger partial charge on any atom is -0.398 e. The number of nitrogens with two attached hydrogens (primary N) is 1. The lowest BCUT2D eigenvalue weighted by Gasteiger charge is -2.18. The number of hydrogen-bond acceptors (Lipinski definition) is 7. The van der Waals surface area contributed by atoms with Crippen molar-refractivity contribution in [2.24, 2.45) is 0 Å². The van der Waals surface area contributed by atoms with E-state index in [1.54, 1.807) is 47.6 Å². The largest absolute Gasteiger partial charge is 0.398 e. The third-order valence-electron chi connectivity index (χ3n) is 5.02. The summed E-state index contributed by atoms with van der Waals surface area (Å²) in [5, 5.41) is 9.07. The average Bonchev–Trinajstić information content (AvgIpc) is 3.39. The Labute approximate surface area is 184 Å². The molecule has 1 unspecified atom stereocenters. The Hall–Kier alpha value is -3.26. The van der Waals surface area contributed by atoms with E-state index in [1.807, 2.05) is 12.1 Å². The summed E-state index contributed by atoms with van der Waals surface area (Å²) in [4.78, 5) is 19.2. The van der Waals surface area contributed by atoms with Crippen LogP contribution in [0.2, 0.25) is 0 Å². The molecule has 1 fully saturated rings. The normalized spacial score (nSPS) is 16.4. The summed E-state index contributed by atoms with van der Waals surface area (Å²) in [5.74, 6) is -0.311. The molecule has 2 aromatic heterocycles. The van der Waals surface area contributed by atoms with Crippen LogP contribution in [0.1, 0.15) is 17.5 Å². The van der Waals surface area contributed by atoms with Crippen LogP contribution in [-0.4, -0.2) is 36.8 Å². The highest BCUT2D eigenvalue weighted by atomic mass is 32.2. The second kappa shape index (κ2) is 8.47. The Bertz CT molecular complexity index is 1270. The smallest absolute Gasteiger partial charge is 0.250 e. The summed E-state index contributed by atoms with van der Waals surface area (Å²) in [6.45, 7) is 0.621. The predicted octanol–water partition coefficient (Wildman–Crippen LogP) is 2.34. The highest BCUT2D eigenvalue weighted by Gasteiger charge is 2.35. The van der Waals surface area contributed by atoms with Gasteiger partial charge >= 0.3 is 0 Å². The number of amides is 1. The van der Waals surface area contributed by atoms with Crippen molar-refractivity contribution >= 4 is 33.0 Å². The van der Waals surface area contributed by atoms with E-state index in [9.17, 15) is 13.2 Å². The maximum absolute atomic E-state index is 12.8. The minimum absolute atomic E-state index is 0.142. The van der Waals surface area contributed by atoms with Crippen molar-refractivity contribution in [3.63, 3.8) is 0 Å². The summed E-state index contributed by atoms with van der Waals surface area (Å²) in [6.07, 6.45) is 3.68. The van der Waals surface area contributed by atoms with E-state index in [0.29, 0.717) is 29.8 Å². The molecule has 1 saturated heterocycles. The Morgan fingerprint density at radius 3 is 2.87 bits per heavy atom. The first kappa shape index (κ1) is 21.0. The SMILES string of the molecule is N#Cc1ccc(N)c(CN2CCC(NS(=O)(=O)c3ccc(-c4cccnc4)s3)C2=O)c1. The topological polar surface area (TPSA) is 129 Å². The van der Waals surface area contributed by atoms with Crippen LogP contribution < -0.4 is 10.5 Å². The van der Waals surface area contributed by atoms with Crippen LogP contribution in [0, 0.1) is 11.3 Å². The van der Waals surface area contributed by atoms with Crippen LogP contribution in [-0.2, 0) is 21.4 Å². The second-order valence-electron chi connectivity index (χ2n) is 7.11. The summed E-state index contributed by atoms with van der Waals surface area (Å²) in [6, 6.07) is 13.0. The van der Waals surface area contributed by atoms with E-state index in [2.05, 4.69) is 9.71 Å². The van der Waals surface area contributed by atoms with Gasteiger partial charge in [-0.25, -0.2) is 8.42 Å². The minimum atomic E-state index is -3.85. The lowest BCUT2D eigenvalue weighted by atomic mass is 10.1. The number of thiophene rings is 1. The van der Waals surface area contributed by atoms with Crippen molar-refractivity contribution < 1.29 is 13.2 Å². The number of carbonyl (C=O) groups excluding carboxylic acids is 1. The number of pyridine rings is 1. The number of hydrogen-bond donors (Lipinski definition) is 2. The Morgan fingerprint density at radius 2 is 2.13 bits per heavy atom. The van der Waals surface area contributed by atoms with Gasteiger partial charge in [0.2, 0.25) is 5.91 Å². The van der Waals surface area contributed by atoms with Crippen molar-refractivity contribution in [3.05, 3.63) is 66.0 Å². The van der Waals surface area contributed by atoms with Gasteiger partial charge in [-0.1, -0.05) is 6.07 Å². The van der Waals surface area contributed by atoms with E-state index < -0.39 is 16.1 Å². The summed E-state index contributed by atoms with van der Waals surface area (Å²) < 4.78 is 28.3. The van der Waals surface area contributed by atoms with E-state index in [1.165, 1.54) is 6.07 Å². The van der Waals surface area contributed by atoms with E-state index >= 15 is 0 Å². The van der Waals surface area contributed by atoms with Crippen LogP contribution in [0.4, 0.5) is 5.69 Å². The van der Waals surface area contributed by atoms with E-state index in [-0.39, 0.29) is 16.7 Å². The van der Waals surface area contributed by atoms with Gasteiger partial charge in [0.25, 0.3) is 10.0 Å². The molecule has 1 aliphatic rings. The molecule has 4 rings (SSSR count). The number of nitrogens with zero attached hydrogens (tertiary/aromatic N) is 3. The molecule has 0 bridgehead atoms. The zero-order valence-electron chi connectivity index (χ0n) is 16.4. The lowest BCUT2D eigenvalue weighted by Crippen LogP contribution is -2.41. The Kier molecular flexibility index (Phi) is 5.73. The fourth-order valence-electron chi connectivity index (χ4n) is 3.40. The first-order valence-electron chi connectivity index (χ1n) is 9.47. The number of carbonyl (C=O) groups is 1. The third-order valence-corrected chi connectivity index (χ3v) is 8.12. The third kappa shape index (κ3) is 4.44. The number of nitriles is 1. The molecule has 1 atom stereocenters. The molecule has 3 N–H and O–H groups in total. The summed E-state index contributed by atoms with van der Waals surface area (Å²) in [5.41, 5.74) is 8.40. The van der Waals surface area contributed by atoms with Gasteiger partial charge in [0.15, 0.2) is 0 Å². The fraction of sp³-hybridized carbons (Fsp3) is 0.190. The molecule has 0 spiro atoms. The van der Waals surface area contributed by atoms with Gasteiger partial charge in [0.05, 0.1) is 11.6 Å². The number of sulfonamides is 1. The van der Waals surface area contributed by atoms with E-state index in [4.69, 9.17) is 11.0 Å². The summed E-state index contributed by atoms with van der Waals surface area (Å²) in [7, 11) is -3.85. The molecular formula is C21H19N5O3S2. The van der Waals surface area contributed by atoms with Crippen molar-refractivity contribution in [1.29, 1.82) is 5.26 Å². The molecule has 1 amide bonds. The summed E-state index contributed by atoms with van der Waals surface area (Å²) >= 11 is 1.12. The lowest BCUT2D eigenvalue weighted by molar-refractivity contribution is -0.129. The number of nitrogens with one attached hydrogen (secondary N) is 1. The monoisotopic (exact) mass is 453 g/mol. The number of aromatic nitrogens is 1. The van der Waals surface area contributed by atoms with Gasteiger partial charge in [-0.3, -0.25) is 9.78 Å².